The van der Waals surface area contributed by atoms with E-state index in [1.807, 2.05) is 12.3 Å². The first kappa shape index (κ1) is 12.3. The van der Waals surface area contributed by atoms with Crippen molar-refractivity contribution in [1.29, 1.82) is 0 Å². The molecule has 1 aromatic heterocycles. The highest BCUT2D eigenvalue weighted by atomic mass is 79.9. The number of hydrogen-bond donors (Lipinski definition) is 1. The van der Waals surface area contributed by atoms with Crippen LogP contribution in [0, 0.1) is 6.92 Å². The zero-order valence-corrected chi connectivity index (χ0v) is 11.5. The van der Waals surface area contributed by atoms with Crippen LogP contribution in [0.25, 0.3) is 5.69 Å². The Labute approximate surface area is 109 Å². The van der Waals surface area contributed by atoms with E-state index >= 15 is 0 Å². The summed E-state index contributed by atoms with van der Waals surface area (Å²) in [5, 5.41) is 11.5. The first-order valence-corrected chi connectivity index (χ1v) is 6.38. The van der Waals surface area contributed by atoms with Gasteiger partial charge in [-0.05, 0) is 47.1 Å². The number of halogens is 1. The van der Waals surface area contributed by atoms with E-state index in [1.54, 1.807) is 4.68 Å². The highest BCUT2D eigenvalue weighted by molar-refractivity contribution is 9.10. The highest BCUT2D eigenvalue weighted by Gasteiger charge is 2.06. The molecule has 0 saturated heterocycles. The Morgan fingerprint density at radius 2 is 2.24 bits per heavy atom. The number of aryl methyl sites for hydroxylation is 1. The molecule has 0 fully saturated rings. The third-order valence-electron chi connectivity index (χ3n) is 2.45. The Morgan fingerprint density at radius 1 is 1.41 bits per heavy atom. The Balaban J connectivity index is 2.27. The summed E-state index contributed by atoms with van der Waals surface area (Å²) in [4.78, 5) is 0. The molecule has 0 bridgehead atoms. The van der Waals surface area contributed by atoms with Crippen molar-refractivity contribution in [1.82, 2.24) is 20.3 Å². The molecule has 2 aromatic rings. The van der Waals surface area contributed by atoms with Crippen LogP contribution < -0.4 is 5.32 Å². The largest absolute Gasteiger partial charge is 0.311 e. The molecule has 0 aliphatic heterocycles. The molecule has 0 radical (unpaired) electrons. The van der Waals surface area contributed by atoms with Crippen LogP contribution in [-0.4, -0.2) is 21.5 Å². The van der Waals surface area contributed by atoms with E-state index in [-0.39, 0.29) is 0 Å². The number of hydrogen-bond acceptors (Lipinski definition) is 3. The molecular formula is C12H15BrN4. The van der Waals surface area contributed by atoms with Crippen molar-refractivity contribution >= 4 is 15.9 Å². The maximum absolute atomic E-state index is 4.14. The topological polar surface area (TPSA) is 42.7 Å². The molecule has 1 N–H and O–H groups in total. The fraction of sp³-hybridized carbons (Fsp3) is 0.333. The average molecular weight is 295 g/mol. The molecular weight excluding hydrogens is 280 g/mol. The number of nitrogens with zero attached hydrogens (tertiary/aromatic N) is 3. The van der Waals surface area contributed by atoms with Crippen molar-refractivity contribution in [2.24, 2.45) is 0 Å². The molecule has 0 aliphatic carbocycles. The van der Waals surface area contributed by atoms with Gasteiger partial charge in [-0.2, -0.15) is 0 Å². The third kappa shape index (κ3) is 2.92. The molecule has 17 heavy (non-hydrogen) atoms. The SMILES string of the molecule is CCNCc1cn(-c2cc(C)ccc2Br)nn1. The predicted octanol–water partition coefficient (Wildman–Crippen LogP) is 2.45. The van der Waals surface area contributed by atoms with Gasteiger partial charge in [-0.25, -0.2) is 4.68 Å². The summed E-state index contributed by atoms with van der Waals surface area (Å²) in [5.74, 6) is 0. The van der Waals surface area contributed by atoms with Crippen LogP contribution >= 0.6 is 15.9 Å². The van der Waals surface area contributed by atoms with Gasteiger partial charge < -0.3 is 5.32 Å². The van der Waals surface area contributed by atoms with E-state index in [9.17, 15) is 0 Å². The summed E-state index contributed by atoms with van der Waals surface area (Å²) < 4.78 is 2.81. The molecule has 0 amide bonds. The lowest BCUT2D eigenvalue weighted by Gasteiger charge is -2.04. The molecule has 90 valence electrons. The fourth-order valence-corrected chi connectivity index (χ4v) is 1.98. The number of rotatable bonds is 4. The second-order valence-corrected chi connectivity index (χ2v) is 4.74. The molecule has 0 unspecified atom stereocenters. The minimum absolute atomic E-state index is 0.750. The van der Waals surface area contributed by atoms with Crippen LogP contribution in [0.3, 0.4) is 0 Å². The van der Waals surface area contributed by atoms with E-state index in [1.165, 1.54) is 5.56 Å². The summed E-state index contributed by atoms with van der Waals surface area (Å²) in [7, 11) is 0. The molecule has 1 heterocycles. The van der Waals surface area contributed by atoms with Crippen molar-refractivity contribution in [2.45, 2.75) is 20.4 Å². The first-order chi connectivity index (χ1) is 8.20. The first-order valence-electron chi connectivity index (χ1n) is 5.59. The normalized spacial score (nSPS) is 10.8. The summed E-state index contributed by atoms with van der Waals surface area (Å²) in [6.07, 6.45) is 1.95. The van der Waals surface area contributed by atoms with Gasteiger partial charge in [0.1, 0.15) is 0 Å². The fourth-order valence-electron chi connectivity index (χ4n) is 1.55. The predicted molar refractivity (Wildman–Crippen MR) is 71.2 cm³/mol. The van der Waals surface area contributed by atoms with Gasteiger partial charge in [0.05, 0.1) is 17.6 Å². The molecule has 4 nitrogen and oxygen atoms in total. The molecule has 2 rings (SSSR count). The van der Waals surface area contributed by atoms with Crippen molar-refractivity contribution in [2.75, 3.05) is 6.54 Å². The molecule has 0 atom stereocenters. The standard InChI is InChI=1S/C12H15BrN4/c1-3-14-7-10-8-17(16-15-10)12-6-9(2)4-5-11(12)13/h4-6,8,14H,3,7H2,1-2H3. The van der Waals surface area contributed by atoms with Gasteiger partial charge in [-0.3, -0.25) is 0 Å². The van der Waals surface area contributed by atoms with Crippen molar-refractivity contribution < 1.29 is 0 Å². The summed E-state index contributed by atoms with van der Waals surface area (Å²) in [5.41, 5.74) is 3.16. The average Bonchev–Trinajstić information content (AvgIpc) is 2.78. The van der Waals surface area contributed by atoms with Gasteiger partial charge in [0.25, 0.3) is 0 Å². The third-order valence-corrected chi connectivity index (χ3v) is 3.12. The van der Waals surface area contributed by atoms with Crippen LogP contribution in [0.4, 0.5) is 0 Å². The van der Waals surface area contributed by atoms with E-state index in [0.29, 0.717) is 0 Å². The van der Waals surface area contributed by atoms with Gasteiger partial charge in [0, 0.05) is 11.0 Å². The van der Waals surface area contributed by atoms with Crippen molar-refractivity contribution in [3.63, 3.8) is 0 Å². The zero-order chi connectivity index (χ0) is 12.3. The molecule has 0 spiro atoms. The van der Waals surface area contributed by atoms with Crippen molar-refractivity contribution in [3.8, 4) is 5.69 Å². The van der Waals surface area contributed by atoms with Crippen LogP contribution in [0.2, 0.25) is 0 Å². The maximum atomic E-state index is 4.14. The maximum Gasteiger partial charge on any atom is 0.0969 e. The molecule has 5 heteroatoms. The minimum Gasteiger partial charge on any atom is -0.311 e. The lowest BCUT2D eigenvalue weighted by Crippen LogP contribution is -2.11. The van der Waals surface area contributed by atoms with Crippen molar-refractivity contribution in [3.05, 3.63) is 40.1 Å². The van der Waals surface area contributed by atoms with Gasteiger partial charge in [0.2, 0.25) is 0 Å². The zero-order valence-electron chi connectivity index (χ0n) is 9.94. The van der Waals surface area contributed by atoms with E-state index < -0.39 is 0 Å². The van der Waals surface area contributed by atoms with Gasteiger partial charge >= 0.3 is 0 Å². The number of nitrogens with one attached hydrogen (secondary N) is 1. The van der Waals surface area contributed by atoms with Gasteiger partial charge in [-0.1, -0.05) is 18.2 Å². The number of aromatic nitrogens is 3. The smallest absolute Gasteiger partial charge is 0.0969 e. The highest BCUT2D eigenvalue weighted by Crippen LogP contribution is 2.21. The second kappa shape index (κ2) is 5.42. The summed E-state index contributed by atoms with van der Waals surface area (Å²) in [6, 6.07) is 6.16. The van der Waals surface area contributed by atoms with Crippen LogP contribution in [0.1, 0.15) is 18.2 Å². The molecule has 0 saturated carbocycles. The lowest BCUT2D eigenvalue weighted by molar-refractivity contribution is 0.705. The van der Waals surface area contributed by atoms with E-state index in [2.05, 4.69) is 57.5 Å². The minimum atomic E-state index is 0.750. The quantitative estimate of drug-likeness (QED) is 0.942. The Hall–Kier alpha value is -1.20. The Bertz CT molecular complexity index is 507. The van der Waals surface area contributed by atoms with Gasteiger partial charge in [0.15, 0.2) is 0 Å². The summed E-state index contributed by atoms with van der Waals surface area (Å²) in [6.45, 7) is 5.81. The second-order valence-electron chi connectivity index (χ2n) is 3.89. The Morgan fingerprint density at radius 3 is 3.00 bits per heavy atom. The van der Waals surface area contributed by atoms with Gasteiger partial charge in [-0.15, -0.1) is 5.10 Å². The monoisotopic (exact) mass is 294 g/mol. The number of benzene rings is 1. The molecule has 0 aliphatic rings. The summed E-state index contributed by atoms with van der Waals surface area (Å²) >= 11 is 3.52. The Kier molecular flexibility index (Phi) is 3.91. The van der Waals surface area contributed by atoms with E-state index in [0.717, 1.165) is 28.9 Å². The van der Waals surface area contributed by atoms with Crippen LogP contribution in [0.15, 0.2) is 28.9 Å². The van der Waals surface area contributed by atoms with E-state index in [4.69, 9.17) is 0 Å². The lowest BCUT2D eigenvalue weighted by atomic mass is 10.2. The van der Waals surface area contributed by atoms with Crippen LogP contribution in [0.5, 0.6) is 0 Å². The molecule has 1 aromatic carbocycles. The van der Waals surface area contributed by atoms with Crippen LogP contribution in [-0.2, 0) is 6.54 Å².